The molecular formula is C26H23ClN4O2S. The van der Waals surface area contributed by atoms with Gasteiger partial charge in [0.2, 0.25) is 5.91 Å². The van der Waals surface area contributed by atoms with Crippen LogP contribution in [0.25, 0.3) is 0 Å². The molecule has 4 rings (SSSR count). The van der Waals surface area contributed by atoms with Gasteiger partial charge in [-0.25, -0.2) is 0 Å². The van der Waals surface area contributed by atoms with Crippen LogP contribution in [0.5, 0.6) is 0 Å². The molecule has 0 radical (unpaired) electrons. The summed E-state index contributed by atoms with van der Waals surface area (Å²) in [6.07, 6.45) is 0. The second-order valence-electron chi connectivity index (χ2n) is 7.73. The van der Waals surface area contributed by atoms with E-state index in [1.807, 2.05) is 54.6 Å². The molecule has 8 heteroatoms. The fraction of sp³-hybridized carbons (Fsp3) is 0.192. The lowest BCUT2D eigenvalue weighted by atomic mass is 10.2. The summed E-state index contributed by atoms with van der Waals surface area (Å²) in [6.45, 7) is 2.56. The predicted molar refractivity (Wildman–Crippen MR) is 134 cm³/mol. The van der Waals surface area contributed by atoms with Crippen LogP contribution in [0.15, 0.2) is 82.6 Å². The van der Waals surface area contributed by atoms with Crippen LogP contribution in [-0.2, 0) is 4.79 Å². The molecule has 0 aliphatic carbocycles. The van der Waals surface area contributed by atoms with Gasteiger partial charge in [-0.05, 0) is 48.5 Å². The normalized spacial score (nSPS) is 13.3. The van der Waals surface area contributed by atoms with Crippen LogP contribution in [0.1, 0.15) is 15.9 Å². The van der Waals surface area contributed by atoms with E-state index < -0.39 is 0 Å². The SMILES string of the molecule is N#Cc1ccccc1Sc1ccccc1C(=O)NCC(=O)N1CCN(c2ccc(Cl)cc2)CC1. The van der Waals surface area contributed by atoms with E-state index in [0.29, 0.717) is 29.2 Å². The highest BCUT2D eigenvalue weighted by Crippen LogP contribution is 2.32. The molecule has 0 aromatic heterocycles. The fourth-order valence-electron chi connectivity index (χ4n) is 3.74. The minimum Gasteiger partial charge on any atom is -0.368 e. The Morgan fingerprint density at radius 1 is 0.912 bits per heavy atom. The molecule has 1 aliphatic rings. The van der Waals surface area contributed by atoms with Gasteiger partial charge in [0.25, 0.3) is 5.91 Å². The quantitative estimate of drug-likeness (QED) is 0.552. The van der Waals surface area contributed by atoms with E-state index in [1.165, 1.54) is 11.8 Å². The Labute approximate surface area is 208 Å². The van der Waals surface area contributed by atoms with Gasteiger partial charge in [-0.15, -0.1) is 0 Å². The molecule has 0 spiro atoms. The second-order valence-corrected chi connectivity index (χ2v) is 9.25. The maximum Gasteiger partial charge on any atom is 0.252 e. The Kier molecular flexibility index (Phi) is 7.73. The number of nitrogens with zero attached hydrogens (tertiary/aromatic N) is 3. The van der Waals surface area contributed by atoms with Crippen LogP contribution < -0.4 is 10.2 Å². The first-order chi connectivity index (χ1) is 16.5. The van der Waals surface area contributed by atoms with Gasteiger partial charge in [0, 0.05) is 46.7 Å². The fourth-order valence-corrected chi connectivity index (χ4v) is 4.89. The van der Waals surface area contributed by atoms with Crippen LogP contribution in [0.3, 0.4) is 0 Å². The van der Waals surface area contributed by atoms with E-state index in [4.69, 9.17) is 11.6 Å². The molecule has 2 amide bonds. The van der Waals surface area contributed by atoms with Gasteiger partial charge in [0.15, 0.2) is 0 Å². The van der Waals surface area contributed by atoms with Gasteiger partial charge in [-0.1, -0.05) is 47.6 Å². The Hall–Kier alpha value is -3.47. The molecule has 3 aromatic rings. The molecule has 1 saturated heterocycles. The van der Waals surface area contributed by atoms with E-state index >= 15 is 0 Å². The van der Waals surface area contributed by atoms with Crippen LogP contribution in [0.2, 0.25) is 5.02 Å². The molecule has 6 nitrogen and oxygen atoms in total. The van der Waals surface area contributed by atoms with Crippen LogP contribution in [0, 0.1) is 11.3 Å². The average molecular weight is 491 g/mol. The number of amides is 2. The van der Waals surface area contributed by atoms with Crippen molar-refractivity contribution in [1.29, 1.82) is 5.26 Å². The van der Waals surface area contributed by atoms with Crippen molar-refractivity contribution in [3.05, 3.63) is 88.9 Å². The zero-order valence-electron chi connectivity index (χ0n) is 18.4. The summed E-state index contributed by atoms with van der Waals surface area (Å²) in [5.74, 6) is -0.422. The minimum absolute atomic E-state index is 0.0619. The predicted octanol–water partition coefficient (Wildman–Crippen LogP) is 4.44. The van der Waals surface area contributed by atoms with Crippen molar-refractivity contribution in [2.75, 3.05) is 37.6 Å². The van der Waals surface area contributed by atoms with Gasteiger partial charge < -0.3 is 15.1 Å². The highest BCUT2D eigenvalue weighted by molar-refractivity contribution is 7.99. The van der Waals surface area contributed by atoms with Crippen molar-refractivity contribution in [1.82, 2.24) is 10.2 Å². The average Bonchev–Trinajstić information content (AvgIpc) is 2.88. The Balaban J connectivity index is 1.33. The van der Waals surface area contributed by atoms with Gasteiger partial charge in [0.1, 0.15) is 6.07 Å². The molecular weight excluding hydrogens is 468 g/mol. The first-order valence-corrected chi connectivity index (χ1v) is 12.1. The van der Waals surface area contributed by atoms with Crippen molar-refractivity contribution < 1.29 is 9.59 Å². The maximum absolute atomic E-state index is 12.9. The molecule has 3 aromatic carbocycles. The summed E-state index contributed by atoms with van der Waals surface area (Å²) in [5.41, 5.74) is 2.10. The van der Waals surface area contributed by atoms with Gasteiger partial charge >= 0.3 is 0 Å². The zero-order chi connectivity index (χ0) is 23.9. The Bertz CT molecular complexity index is 1220. The van der Waals surface area contributed by atoms with Gasteiger partial charge in [-0.3, -0.25) is 9.59 Å². The summed E-state index contributed by atoms with van der Waals surface area (Å²) in [5, 5.41) is 12.8. The van der Waals surface area contributed by atoms with Gasteiger partial charge in [0.05, 0.1) is 17.7 Å². The lowest BCUT2D eigenvalue weighted by Crippen LogP contribution is -2.51. The number of piperazine rings is 1. The number of benzene rings is 3. The van der Waals surface area contributed by atoms with E-state index in [2.05, 4.69) is 16.3 Å². The molecule has 34 heavy (non-hydrogen) atoms. The lowest BCUT2D eigenvalue weighted by Gasteiger charge is -2.36. The van der Waals surface area contributed by atoms with E-state index in [0.717, 1.165) is 28.6 Å². The number of carbonyl (C=O) groups excluding carboxylic acids is 2. The summed E-state index contributed by atoms with van der Waals surface area (Å²) in [7, 11) is 0. The molecule has 0 saturated carbocycles. The highest BCUT2D eigenvalue weighted by Gasteiger charge is 2.22. The summed E-state index contributed by atoms with van der Waals surface area (Å²) in [6, 6.07) is 24.3. The van der Waals surface area contributed by atoms with E-state index in [9.17, 15) is 14.9 Å². The molecule has 172 valence electrons. The Morgan fingerprint density at radius 2 is 1.56 bits per heavy atom. The molecule has 1 heterocycles. The van der Waals surface area contributed by atoms with Crippen molar-refractivity contribution in [2.24, 2.45) is 0 Å². The topological polar surface area (TPSA) is 76.4 Å². The molecule has 1 N–H and O–H groups in total. The van der Waals surface area contributed by atoms with Crippen molar-refractivity contribution in [3.8, 4) is 6.07 Å². The third-order valence-corrected chi connectivity index (χ3v) is 6.99. The van der Waals surface area contributed by atoms with Crippen LogP contribution in [-0.4, -0.2) is 49.4 Å². The Morgan fingerprint density at radius 3 is 2.26 bits per heavy atom. The molecule has 1 aliphatic heterocycles. The smallest absolute Gasteiger partial charge is 0.252 e. The van der Waals surface area contributed by atoms with Crippen molar-refractivity contribution in [2.45, 2.75) is 9.79 Å². The molecule has 1 fully saturated rings. The first-order valence-electron chi connectivity index (χ1n) is 10.9. The molecule has 0 unspecified atom stereocenters. The third kappa shape index (κ3) is 5.71. The zero-order valence-corrected chi connectivity index (χ0v) is 20.0. The largest absolute Gasteiger partial charge is 0.368 e. The first kappa shape index (κ1) is 23.7. The van der Waals surface area contributed by atoms with Crippen molar-refractivity contribution >= 4 is 40.9 Å². The summed E-state index contributed by atoms with van der Waals surface area (Å²) in [4.78, 5) is 31.1. The number of halogens is 1. The monoisotopic (exact) mass is 490 g/mol. The van der Waals surface area contributed by atoms with E-state index in [1.54, 1.807) is 23.1 Å². The number of nitrogens with one attached hydrogen (secondary N) is 1. The number of nitriles is 1. The standard InChI is InChI=1S/C26H23ClN4O2S/c27-20-9-11-21(12-10-20)30-13-15-31(16-14-30)25(32)18-29-26(33)22-6-2-4-8-24(22)34-23-7-3-1-5-19(23)17-28/h1-12H,13-16,18H2,(H,29,33). The summed E-state index contributed by atoms with van der Waals surface area (Å²) < 4.78 is 0. The number of rotatable bonds is 6. The van der Waals surface area contributed by atoms with Crippen LogP contribution in [0.4, 0.5) is 5.69 Å². The number of carbonyl (C=O) groups is 2. The van der Waals surface area contributed by atoms with Crippen LogP contribution >= 0.6 is 23.4 Å². The number of hydrogen-bond donors (Lipinski definition) is 1. The second kappa shape index (κ2) is 11.1. The number of hydrogen-bond acceptors (Lipinski definition) is 5. The van der Waals surface area contributed by atoms with E-state index in [-0.39, 0.29) is 18.4 Å². The highest BCUT2D eigenvalue weighted by atomic mass is 35.5. The molecule has 0 bridgehead atoms. The van der Waals surface area contributed by atoms with Crippen molar-refractivity contribution in [3.63, 3.8) is 0 Å². The third-order valence-electron chi connectivity index (χ3n) is 5.58. The summed E-state index contributed by atoms with van der Waals surface area (Å²) >= 11 is 7.33. The number of anilines is 1. The minimum atomic E-state index is -0.314. The molecule has 0 atom stereocenters. The van der Waals surface area contributed by atoms with Gasteiger partial charge in [-0.2, -0.15) is 5.26 Å². The lowest BCUT2D eigenvalue weighted by molar-refractivity contribution is -0.130. The maximum atomic E-state index is 12.9.